The molecule has 1 saturated carbocycles. The molecule has 0 bridgehead atoms. The summed E-state index contributed by atoms with van der Waals surface area (Å²) in [6.45, 7) is 5.60. The Hall–Kier alpha value is -1.77. The summed E-state index contributed by atoms with van der Waals surface area (Å²) in [7, 11) is 0. The Kier molecular flexibility index (Phi) is 4.00. The van der Waals surface area contributed by atoms with E-state index in [1.165, 1.54) is 36.9 Å². The number of hydrogen-bond donors (Lipinski definition) is 1. The van der Waals surface area contributed by atoms with Gasteiger partial charge in [0.15, 0.2) is 0 Å². The average Bonchev–Trinajstić information content (AvgIpc) is 2.93. The molecule has 1 aliphatic carbocycles. The Labute approximate surface area is 127 Å². The molecule has 1 N–H and O–H groups in total. The van der Waals surface area contributed by atoms with Crippen molar-refractivity contribution in [2.24, 2.45) is 5.41 Å². The summed E-state index contributed by atoms with van der Waals surface area (Å²) < 4.78 is 1.98. The molecule has 1 atom stereocenters. The number of nitrogens with one attached hydrogen (secondary N) is 1. The molecule has 3 nitrogen and oxygen atoms in total. The Bertz CT molecular complexity index is 572. The standard InChI is InChI=1S/C18H25N3/c1-18(2)10-5-8-16(13-18)20-17-9-4-3-7-15(17)14-21-12-6-11-19-21/h3-4,6-7,9,11-12,16,20H,5,8,10,13-14H2,1-2H3. The van der Waals surface area contributed by atoms with E-state index in [2.05, 4.69) is 48.5 Å². The Morgan fingerprint density at radius 3 is 2.90 bits per heavy atom. The number of para-hydroxylation sites is 1. The molecule has 112 valence electrons. The van der Waals surface area contributed by atoms with Gasteiger partial charge >= 0.3 is 0 Å². The minimum atomic E-state index is 0.465. The molecule has 0 spiro atoms. The quantitative estimate of drug-likeness (QED) is 0.906. The highest BCUT2D eigenvalue weighted by molar-refractivity contribution is 5.52. The molecule has 0 radical (unpaired) electrons. The van der Waals surface area contributed by atoms with Crippen LogP contribution in [0.4, 0.5) is 5.69 Å². The van der Waals surface area contributed by atoms with Gasteiger partial charge in [-0.25, -0.2) is 0 Å². The number of benzene rings is 1. The minimum Gasteiger partial charge on any atom is -0.382 e. The van der Waals surface area contributed by atoms with E-state index in [4.69, 9.17) is 0 Å². The smallest absolute Gasteiger partial charge is 0.0679 e. The van der Waals surface area contributed by atoms with Crippen molar-refractivity contribution in [1.82, 2.24) is 9.78 Å². The highest BCUT2D eigenvalue weighted by Crippen LogP contribution is 2.36. The lowest BCUT2D eigenvalue weighted by Crippen LogP contribution is -2.32. The topological polar surface area (TPSA) is 29.9 Å². The van der Waals surface area contributed by atoms with Gasteiger partial charge in [-0.15, -0.1) is 0 Å². The molecule has 0 amide bonds. The van der Waals surface area contributed by atoms with Crippen molar-refractivity contribution >= 4 is 5.69 Å². The third-order valence-corrected chi connectivity index (χ3v) is 4.47. The van der Waals surface area contributed by atoms with Crippen LogP contribution < -0.4 is 5.32 Å². The summed E-state index contributed by atoms with van der Waals surface area (Å²) in [6.07, 6.45) is 9.05. The van der Waals surface area contributed by atoms with E-state index in [-0.39, 0.29) is 0 Å². The third-order valence-electron chi connectivity index (χ3n) is 4.47. The van der Waals surface area contributed by atoms with Gasteiger partial charge < -0.3 is 5.32 Å². The lowest BCUT2D eigenvalue weighted by atomic mass is 9.75. The van der Waals surface area contributed by atoms with Gasteiger partial charge in [0.25, 0.3) is 0 Å². The molecule has 3 rings (SSSR count). The van der Waals surface area contributed by atoms with Gasteiger partial charge in [-0.1, -0.05) is 38.5 Å². The predicted octanol–water partition coefficient (Wildman–Crippen LogP) is 4.31. The van der Waals surface area contributed by atoms with Crippen LogP contribution in [-0.4, -0.2) is 15.8 Å². The second-order valence-corrected chi connectivity index (χ2v) is 6.96. The second-order valence-electron chi connectivity index (χ2n) is 6.96. The van der Waals surface area contributed by atoms with Crippen molar-refractivity contribution in [2.75, 3.05) is 5.32 Å². The first-order chi connectivity index (χ1) is 10.1. The summed E-state index contributed by atoms with van der Waals surface area (Å²) in [5.74, 6) is 0. The lowest BCUT2D eigenvalue weighted by Gasteiger charge is -2.36. The first-order valence-electron chi connectivity index (χ1n) is 7.94. The second kappa shape index (κ2) is 5.92. The maximum Gasteiger partial charge on any atom is 0.0679 e. The Balaban J connectivity index is 1.73. The Morgan fingerprint density at radius 1 is 1.29 bits per heavy atom. The minimum absolute atomic E-state index is 0.465. The van der Waals surface area contributed by atoms with Gasteiger partial charge in [0.1, 0.15) is 0 Å². The van der Waals surface area contributed by atoms with Crippen LogP contribution in [0.15, 0.2) is 42.7 Å². The highest BCUT2D eigenvalue weighted by Gasteiger charge is 2.28. The summed E-state index contributed by atoms with van der Waals surface area (Å²) in [5, 5.41) is 8.09. The van der Waals surface area contributed by atoms with Gasteiger partial charge in [0.05, 0.1) is 6.54 Å². The van der Waals surface area contributed by atoms with E-state index in [0.29, 0.717) is 11.5 Å². The van der Waals surface area contributed by atoms with Gasteiger partial charge in [-0.2, -0.15) is 5.10 Å². The molecular formula is C18H25N3. The fourth-order valence-corrected chi connectivity index (χ4v) is 3.41. The summed E-state index contributed by atoms with van der Waals surface area (Å²) in [4.78, 5) is 0. The van der Waals surface area contributed by atoms with Crippen LogP contribution in [0.3, 0.4) is 0 Å². The fraction of sp³-hybridized carbons (Fsp3) is 0.500. The zero-order valence-electron chi connectivity index (χ0n) is 13.0. The van der Waals surface area contributed by atoms with Gasteiger partial charge in [-0.05, 0) is 42.4 Å². The fourth-order valence-electron chi connectivity index (χ4n) is 3.41. The first kappa shape index (κ1) is 14.2. The SMILES string of the molecule is CC1(C)CCCC(Nc2ccccc2Cn2cccn2)C1. The zero-order chi connectivity index (χ0) is 14.7. The molecule has 0 saturated heterocycles. The molecule has 21 heavy (non-hydrogen) atoms. The zero-order valence-corrected chi connectivity index (χ0v) is 13.0. The van der Waals surface area contributed by atoms with Crippen LogP contribution in [0.25, 0.3) is 0 Å². The van der Waals surface area contributed by atoms with E-state index in [1.807, 2.05) is 23.1 Å². The van der Waals surface area contributed by atoms with E-state index in [9.17, 15) is 0 Å². The average molecular weight is 283 g/mol. The number of aromatic nitrogens is 2. The number of nitrogens with zero attached hydrogens (tertiary/aromatic N) is 2. The van der Waals surface area contributed by atoms with Crippen molar-refractivity contribution < 1.29 is 0 Å². The maximum absolute atomic E-state index is 4.31. The van der Waals surface area contributed by atoms with Gasteiger partial charge in [-0.3, -0.25) is 4.68 Å². The van der Waals surface area contributed by atoms with E-state index in [1.54, 1.807) is 0 Å². The van der Waals surface area contributed by atoms with Crippen LogP contribution >= 0.6 is 0 Å². The molecule has 1 aromatic carbocycles. The predicted molar refractivity (Wildman–Crippen MR) is 87.4 cm³/mol. The van der Waals surface area contributed by atoms with Crippen LogP contribution in [0.5, 0.6) is 0 Å². The van der Waals surface area contributed by atoms with Crippen LogP contribution in [0, 0.1) is 5.41 Å². The van der Waals surface area contributed by atoms with E-state index in [0.717, 1.165) is 6.54 Å². The number of rotatable bonds is 4. The molecule has 0 aliphatic heterocycles. The number of anilines is 1. The van der Waals surface area contributed by atoms with Crippen molar-refractivity contribution in [1.29, 1.82) is 0 Å². The van der Waals surface area contributed by atoms with E-state index >= 15 is 0 Å². The van der Waals surface area contributed by atoms with E-state index < -0.39 is 0 Å². The van der Waals surface area contributed by atoms with Crippen molar-refractivity contribution in [3.63, 3.8) is 0 Å². The molecule has 1 aromatic heterocycles. The summed E-state index contributed by atoms with van der Waals surface area (Å²) in [5.41, 5.74) is 3.03. The van der Waals surface area contributed by atoms with Gasteiger partial charge in [0.2, 0.25) is 0 Å². The van der Waals surface area contributed by atoms with Crippen LogP contribution in [0.1, 0.15) is 45.1 Å². The lowest BCUT2D eigenvalue weighted by molar-refractivity contribution is 0.229. The molecule has 1 fully saturated rings. The normalized spacial score (nSPS) is 21.1. The Morgan fingerprint density at radius 2 is 2.14 bits per heavy atom. The van der Waals surface area contributed by atoms with Crippen LogP contribution in [-0.2, 0) is 6.54 Å². The largest absolute Gasteiger partial charge is 0.382 e. The van der Waals surface area contributed by atoms with Gasteiger partial charge in [0, 0.05) is 24.1 Å². The summed E-state index contributed by atoms with van der Waals surface area (Å²) in [6, 6.07) is 11.2. The molecule has 3 heteroatoms. The van der Waals surface area contributed by atoms with Crippen molar-refractivity contribution in [3.05, 3.63) is 48.3 Å². The highest BCUT2D eigenvalue weighted by atomic mass is 15.3. The molecule has 2 aromatic rings. The monoisotopic (exact) mass is 283 g/mol. The van der Waals surface area contributed by atoms with Crippen molar-refractivity contribution in [2.45, 2.75) is 52.1 Å². The molecular weight excluding hydrogens is 258 g/mol. The first-order valence-corrected chi connectivity index (χ1v) is 7.94. The van der Waals surface area contributed by atoms with Crippen LogP contribution in [0.2, 0.25) is 0 Å². The molecule has 1 unspecified atom stereocenters. The number of hydrogen-bond acceptors (Lipinski definition) is 2. The third kappa shape index (κ3) is 3.66. The summed E-state index contributed by atoms with van der Waals surface area (Å²) >= 11 is 0. The maximum atomic E-state index is 4.31. The van der Waals surface area contributed by atoms with Crippen molar-refractivity contribution in [3.8, 4) is 0 Å². The molecule has 1 heterocycles. The molecule has 1 aliphatic rings.